The largest absolute Gasteiger partial charge is 0.497 e. The smallest absolute Gasteiger partial charge is 0.260 e. The summed E-state index contributed by atoms with van der Waals surface area (Å²) in [7, 11) is -2.35. The zero-order valence-corrected chi connectivity index (χ0v) is 20.7. The van der Waals surface area contributed by atoms with Crippen molar-refractivity contribution in [3.05, 3.63) is 83.4 Å². The van der Waals surface area contributed by atoms with Crippen LogP contribution in [0.4, 0.5) is 5.69 Å². The normalized spacial score (nSPS) is 19.4. The number of rotatable bonds is 4. The highest BCUT2D eigenvalue weighted by Crippen LogP contribution is 2.36. The Morgan fingerprint density at radius 2 is 1.77 bits per heavy atom. The number of sulfone groups is 1. The average Bonchev–Trinajstić information content (AvgIpc) is 3.29. The molecule has 1 atom stereocenters. The lowest BCUT2D eigenvalue weighted by molar-refractivity contribution is 0.0818. The minimum Gasteiger partial charge on any atom is -0.497 e. The zero-order valence-electron chi connectivity index (χ0n) is 19.1. The molecule has 0 radical (unpaired) electrons. The van der Waals surface area contributed by atoms with E-state index in [9.17, 15) is 18.0 Å². The molecule has 2 heterocycles. The van der Waals surface area contributed by atoms with Crippen molar-refractivity contribution >= 4 is 44.1 Å². The van der Waals surface area contributed by atoms with Gasteiger partial charge in [-0.15, -0.1) is 0 Å². The Morgan fingerprint density at radius 1 is 1.06 bits per heavy atom. The monoisotopic (exact) mass is 506 g/mol. The first-order valence-corrected chi connectivity index (χ1v) is 13.5. The molecule has 1 fully saturated rings. The Bertz CT molecular complexity index is 1480. The van der Waals surface area contributed by atoms with E-state index in [0.717, 1.165) is 6.42 Å². The molecule has 2 aliphatic heterocycles. The Morgan fingerprint density at radius 3 is 2.49 bits per heavy atom. The van der Waals surface area contributed by atoms with E-state index in [1.165, 1.54) is 42.1 Å². The lowest BCUT2D eigenvalue weighted by Crippen LogP contribution is -2.39. The molecule has 1 saturated heterocycles. The van der Waals surface area contributed by atoms with Crippen molar-refractivity contribution < 1.29 is 22.7 Å². The molecule has 3 aromatic carbocycles. The fourth-order valence-corrected chi connectivity index (χ4v) is 7.18. The number of hydrogen-bond acceptors (Lipinski definition) is 7. The van der Waals surface area contributed by atoms with Crippen LogP contribution in [0.5, 0.6) is 5.75 Å². The molecule has 0 N–H and O–H groups in total. The van der Waals surface area contributed by atoms with Gasteiger partial charge < -0.3 is 4.74 Å². The summed E-state index contributed by atoms with van der Waals surface area (Å²) in [6.45, 7) is 1.99. The molecule has 0 spiro atoms. The number of amidine groups is 1. The van der Waals surface area contributed by atoms with Crippen molar-refractivity contribution in [2.24, 2.45) is 4.99 Å². The van der Waals surface area contributed by atoms with E-state index in [1.807, 2.05) is 19.1 Å². The third-order valence-electron chi connectivity index (χ3n) is 6.15. The van der Waals surface area contributed by atoms with Gasteiger partial charge in [0.05, 0.1) is 22.6 Å². The maximum absolute atomic E-state index is 13.7. The molecule has 9 heteroatoms. The van der Waals surface area contributed by atoms with E-state index in [4.69, 9.17) is 4.74 Å². The highest BCUT2D eigenvalue weighted by atomic mass is 32.2. The van der Waals surface area contributed by atoms with Gasteiger partial charge in [0.15, 0.2) is 11.0 Å². The third-order valence-corrected chi connectivity index (χ3v) is 9.10. The molecular formula is C26H22N2O5S2. The van der Waals surface area contributed by atoms with Crippen LogP contribution in [0.1, 0.15) is 39.6 Å². The summed E-state index contributed by atoms with van der Waals surface area (Å²) in [4.78, 5) is 32.7. The quantitative estimate of drug-likeness (QED) is 0.397. The van der Waals surface area contributed by atoms with Crippen LogP contribution in [-0.2, 0) is 9.84 Å². The standard InChI is InChI=1S/C26H22N2O5S2/c1-3-18-15-34-26(27-17-9-11-19(33-2)12-10-17)28(18)25(30)16-8-13-21-23(14-16)35(31,32)22-7-5-4-6-20(22)24(21)29/h4-14,18H,3,15H2,1-2H3/t18-/m1/s1. The molecule has 5 rings (SSSR count). The molecule has 0 bridgehead atoms. The highest BCUT2D eigenvalue weighted by Gasteiger charge is 2.38. The molecule has 0 aliphatic carbocycles. The number of aliphatic imine (C=N–C) groups is 1. The Hall–Kier alpha value is -3.43. The number of ketones is 1. The summed E-state index contributed by atoms with van der Waals surface area (Å²) in [5.74, 6) is 0.679. The van der Waals surface area contributed by atoms with Crippen molar-refractivity contribution in [3.63, 3.8) is 0 Å². The fourth-order valence-electron chi connectivity index (χ4n) is 4.23. The summed E-state index contributed by atoms with van der Waals surface area (Å²) in [6, 6.07) is 17.5. The Kier molecular flexibility index (Phi) is 5.98. The Labute approximate surface area is 207 Å². The van der Waals surface area contributed by atoms with Gasteiger partial charge in [0.2, 0.25) is 9.84 Å². The molecule has 3 aromatic rings. The van der Waals surface area contributed by atoms with E-state index >= 15 is 0 Å². The SMILES string of the molecule is CC[C@@H]1CSC(=Nc2ccc(OC)cc2)N1C(=O)c1ccc2c(c1)S(=O)(=O)c1ccccc1C2=O. The summed E-state index contributed by atoms with van der Waals surface area (Å²) in [6.07, 6.45) is 0.718. The molecule has 0 aromatic heterocycles. The van der Waals surface area contributed by atoms with Gasteiger partial charge in [0.1, 0.15) is 5.75 Å². The van der Waals surface area contributed by atoms with Gasteiger partial charge in [-0.2, -0.15) is 0 Å². The number of carbonyl (C=O) groups excluding carboxylic acids is 2. The first-order valence-electron chi connectivity index (χ1n) is 11.1. The number of hydrogen-bond donors (Lipinski definition) is 0. The third kappa shape index (κ3) is 3.94. The van der Waals surface area contributed by atoms with Gasteiger partial charge in [0.25, 0.3) is 5.91 Å². The van der Waals surface area contributed by atoms with Crippen LogP contribution in [0.25, 0.3) is 0 Å². The lowest BCUT2D eigenvalue weighted by Gasteiger charge is -2.24. The van der Waals surface area contributed by atoms with E-state index in [1.54, 1.807) is 36.3 Å². The van der Waals surface area contributed by atoms with Gasteiger partial charge in [-0.25, -0.2) is 13.4 Å². The van der Waals surface area contributed by atoms with Crippen LogP contribution in [-0.4, -0.2) is 49.1 Å². The summed E-state index contributed by atoms with van der Waals surface area (Å²) >= 11 is 1.48. The topological polar surface area (TPSA) is 93.1 Å². The van der Waals surface area contributed by atoms with Crippen LogP contribution >= 0.6 is 11.8 Å². The van der Waals surface area contributed by atoms with E-state index in [2.05, 4.69) is 4.99 Å². The number of ether oxygens (including phenoxy) is 1. The van der Waals surface area contributed by atoms with Crippen molar-refractivity contribution in [1.82, 2.24) is 4.90 Å². The number of methoxy groups -OCH3 is 1. The summed E-state index contributed by atoms with van der Waals surface area (Å²) in [5, 5.41) is 0.550. The molecule has 7 nitrogen and oxygen atoms in total. The maximum atomic E-state index is 13.7. The molecule has 178 valence electrons. The van der Waals surface area contributed by atoms with E-state index in [0.29, 0.717) is 22.4 Å². The summed E-state index contributed by atoms with van der Waals surface area (Å²) in [5.41, 5.74) is 1.10. The van der Waals surface area contributed by atoms with Crippen LogP contribution < -0.4 is 4.74 Å². The van der Waals surface area contributed by atoms with Gasteiger partial charge in [-0.3, -0.25) is 14.5 Å². The molecule has 35 heavy (non-hydrogen) atoms. The predicted molar refractivity (Wildman–Crippen MR) is 135 cm³/mol. The van der Waals surface area contributed by atoms with Crippen LogP contribution in [0.15, 0.2) is 81.5 Å². The van der Waals surface area contributed by atoms with Crippen molar-refractivity contribution in [3.8, 4) is 5.75 Å². The van der Waals surface area contributed by atoms with E-state index < -0.39 is 9.84 Å². The molecular weight excluding hydrogens is 484 g/mol. The highest BCUT2D eigenvalue weighted by molar-refractivity contribution is 8.14. The number of carbonyl (C=O) groups is 2. The lowest BCUT2D eigenvalue weighted by atomic mass is 10.0. The number of nitrogens with zero attached hydrogens (tertiary/aromatic N) is 2. The van der Waals surface area contributed by atoms with Gasteiger partial charge in [0, 0.05) is 28.5 Å². The zero-order chi connectivity index (χ0) is 24.7. The van der Waals surface area contributed by atoms with Crippen LogP contribution in [0.2, 0.25) is 0 Å². The number of fused-ring (bicyclic) bond motifs is 2. The van der Waals surface area contributed by atoms with Gasteiger partial charge in [-0.05, 0) is 61.0 Å². The maximum Gasteiger partial charge on any atom is 0.260 e. The number of amides is 1. The van der Waals surface area contributed by atoms with Crippen molar-refractivity contribution in [2.75, 3.05) is 12.9 Å². The summed E-state index contributed by atoms with van der Waals surface area (Å²) < 4.78 is 31.8. The minimum absolute atomic E-state index is 0.0352. The average molecular weight is 507 g/mol. The molecule has 0 unspecified atom stereocenters. The Balaban J connectivity index is 1.54. The van der Waals surface area contributed by atoms with Crippen LogP contribution in [0.3, 0.4) is 0 Å². The first-order chi connectivity index (χ1) is 16.8. The second-order valence-corrected chi connectivity index (χ2v) is 11.1. The fraction of sp³-hybridized carbons (Fsp3) is 0.192. The molecule has 0 saturated carbocycles. The first kappa shape index (κ1) is 23.3. The second-order valence-electron chi connectivity index (χ2n) is 8.18. The minimum atomic E-state index is -3.94. The van der Waals surface area contributed by atoms with E-state index in [-0.39, 0.29) is 44.2 Å². The van der Waals surface area contributed by atoms with Gasteiger partial charge >= 0.3 is 0 Å². The van der Waals surface area contributed by atoms with Crippen LogP contribution in [0, 0.1) is 0 Å². The second kappa shape index (κ2) is 8.98. The predicted octanol–water partition coefficient (Wildman–Crippen LogP) is 4.73. The molecule has 1 amide bonds. The van der Waals surface area contributed by atoms with Crippen molar-refractivity contribution in [1.29, 1.82) is 0 Å². The number of benzene rings is 3. The number of thioether (sulfide) groups is 1. The molecule has 2 aliphatic rings. The van der Waals surface area contributed by atoms with Gasteiger partial charge in [-0.1, -0.05) is 30.8 Å². The van der Waals surface area contributed by atoms with Crippen molar-refractivity contribution in [2.45, 2.75) is 29.2 Å².